The highest BCUT2D eigenvalue weighted by molar-refractivity contribution is 7.12. The maximum absolute atomic E-state index is 12.9. The van der Waals surface area contributed by atoms with Crippen LogP contribution < -0.4 is 10.1 Å². The first-order valence-electron chi connectivity index (χ1n) is 9.39. The van der Waals surface area contributed by atoms with Crippen LogP contribution in [0.3, 0.4) is 0 Å². The summed E-state index contributed by atoms with van der Waals surface area (Å²) >= 11 is 1.56. The molecule has 0 unspecified atom stereocenters. The van der Waals surface area contributed by atoms with Gasteiger partial charge in [-0.3, -0.25) is 4.79 Å². The number of rotatable bonds is 4. The maximum atomic E-state index is 12.9. The number of hydrogen-bond donors (Lipinski definition) is 1. The van der Waals surface area contributed by atoms with E-state index >= 15 is 0 Å². The van der Waals surface area contributed by atoms with E-state index in [1.54, 1.807) is 35.6 Å². The Morgan fingerprint density at radius 2 is 2.07 bits per heavy atom. The second-order valence-electron chi connectivity index (χ2n) is 7.01. The molecule has 1 aliphatic carbocycles. The second-order valence-corrected chi connectivity index (χ2v) is 7.89. The first-order chi connectivity index (χ1) is 13.2. The van der Waals surface area contributed by atoms with Gasteiger partial charge in [0.25, 0.3) is 5.91 Å². The van der Waals surface area contributed by atoms with E-state index in [2.05, 4.69) is 16.8 Å². The number of ether oxygens (including phenoxy) is 2. The van der Waals surface area contributed by atoms with Crippen LogP contribution in [0.4, 0.5) is 0 Å². The molecule has 140 valence electrons. The Labute approximate surface area is 162 Å². The number of nitrogens with one attached hydrogen (secondary N) is 1. The Morgan fingerprint density at radius 3 is 2.89 bits per heavy atom. The van der Waals surface area contributed by atoms with Crippen molar-refractivity contribution in [3.05, 3.63) is 51.2 Å². The molecule has 1 N–H and O–H groups in total. The average Bonchev–Trinajstić information content (AvgIpc) is 3.14. The van der Waals surface area contributed by atoms with Gasteiger partial charge in [-0.05, 0) is 72.9 Å². The first-order valence-corrected chi connectivity index (χ1v) is 10.3. The zero-order valence-corrected chi connectivity index (χ0v) is 15.9. The van der Waals surface area contributed by atoms with Crippen LogP contribution in [0.25, 0.3) is 0 Å². The zero-order valence-electron chi connectivity index (χ0n) is 15.1. The van der Waals surface area contributed by atoms with Crippen molar-refractivity contribution in [3.8, 4) is 11.8 Å². The van der Waals surface area contributed by atoms with E-state index in [1.807, 2.05) is 0 Å². The van der Waals surface area contributed by atoms with Gasteiger partial charge in [0.1, 0.15) is 11.9 Å². The summed E-state index contributed by atoms with van der Waals surface area (Å²) in [6.07, 6.45) is 4.94. The minimum absolute atomic E-state index is 0.00322. The van der Waals surface area contributed by atoms with Crippen molar-refractivity contribution in [2.24, 2.45) is 0 Å². The van der Waals surface area contributed by atoms with E-state index in [0.29, 0.717) is 24.5 Å². The molecule has 1 aliphatic heterocycles. The number of hydrogen-bond acceptors (Lipinski definition) is 5. The molecule has 0 radical (unpaired) electrons. The van der Waals surface area contributed by atoms with E-state index in [1.165, 1.54) is 17.5 Å². The lowest BCUT2D eigenvalue weighted by molar-refractivity contribution is -0.0134. The summed E-state index contributed by atoms with van der Waals surface area (Å²) < 4.78 is 11.6. The number of carbonyl (C=O) groups excluding carboxylic acids is 1. The Kier molecular flexibility index (Phi) is 5.42. The standard InChI is InChI=1S/C21H22N2O3S/c22-11-14-5-7-16(8-6-14)26-19-12-25-10-9-18(19)23-21(24)20-17-4-2-1-3-15(17)13-27-20/h5-8,13,18-19H,1-4,9-10,12H2,(H,23,24)/t18-,19-/m1/s1. The van der Waals surface area contributed by atoms with Crippen LogP contribution in [0.15, 0.2) is 29.6 Å². The number of aryl methyl sites for hydroxylation is 1. The average molecular weight is 382 g/mol. The van der Waals surface area contributed by atoms with Gasteiger partial charge in [-0.25, -0.2) is 0 Å². The van der Waals surface area contributed by atoms with Gasteiger partial charge in [-0.2, -0.15) is 5.26 Å². The highest BCUT2D eigenvalue weighted by Crippen LogP contribution is 2.30. The summed E-state index contributed by atoms with van der Waals surface area (Å²) in [5.41, 5.74) is 3.17. The molecule has 4 rings (SSSR count). The highest BCUT2D eigenvalue weighted by atomic mass is 32.1. The van der Waals surface area contributed by atoms with E-state index in [-0.39, 0.29) is 18.1 Å². The van der Waals surface area contributed by atoms with Crippen molar-refractivity contribution < 1.29 is 14.3 Å². The molecule has 6 heteroatoms. The summed E-state index contributed by atoms with van der Waals surface area (Å²) in [7, 11) is 0. The highest BCUT2D eigenvalue weighted by Gasteiger charge is 2.30. The molecule has 2 aromatic rings. The van der Waals surface area contributed by atoms with Gasteiger partial charge in [0.15, 0.2) is 0 Å². The zero-order chi connectivity index (χ0) is 18.6. The van der Waals surface area contributed by atoms with Crippen molar-refractivity contribution >= 4 is 17.2 Å². The third kappa shape index (κ3) is 4.00. The van der Waals surface area contributed by atoms with Gasteiger partial charge >= 0.3 is 0 Å². The van der Waals surface area contributed by atoms with Crippen molar-refractivity contribution in [2.75, 3.05) is 13.2 Å². The van der Waals surface area contributed by atoms with E-state index in [4.69, 9.17) is 14.7 Å². The summed E-state index contributed by atoms with van der Waals surface area (Å²) in [5.74, 6) is 0.681. The fourth-order valence-corrected chi connectivity index (χ4v) is 4.78. The SMILES string of the molecule is N#Cc1ccc(O[C@@H]2COCC[C@H]2NC(=O)c2scc3c2CCCC3)cc1. The van der Waals surface area contributed by atoms with Crippen LogP contribution >= 0.6 is 11.3 Å². The molecule has 1 aromatic heterocycles. The van der Waals surface area contributed by atoms with Gasteiger partial charge in [-0.1, -0.05) is 0 Å². The molecule has 0 bridgehead atoms. The molecule has 1 fully saturated rings. The minimum atomic E-state index is -0.244. The van der Waals surface area contributed by atoms with Gasteiger partial charge < -0.3 is 14.8 Å². The van der Waals surface area contributed by atoms with Gasteiger partial charge in [0.2, 0.25) is 0 Å². The van der Waals surface area contributed by atoms with E-state index < -0.39 is 0 Å². The molecule has 27 heavy (non-hydrogen) atoms. The Morgan fingerprint density at radius 1 is 1.26 bits per heavy atom. The third-order valence-electron chi connectivity index (χ3n) is 5.20. The molecular weight excluding hydrogens is 360 g/mol. The monoisotopic (exact) mass is 382 g/mol. The number of nitriles is 1. The van der Waals surface area contributed by atoms with Gasteiger partial charge in [-0.15, -0.1) is 11.3 Å². The fourth-order valence-electron chi connectivity index (χ4n) is 3.72. The molecule has 2 atom stereocenters. The summed E-state index contributed by atoms with van der Waals surface area (Å²) in [6.45, 7) is 1.05. The fraction of sp³-hybridized carbons (Fsp3) is 0.429. The Balaban J connectivity index is 1.45. The topological polar surface area (TPSA) is 71.3 Å². The van der Waals surface area contributed by atoms with E-state index in [9.17, 15) is 4.79 Å². The predicted molar refractivity (Wildman–Crippen MR) is 103 cm³/mol. The smallest absolute Gasteiger partial charge is 0.261 e. The number of nitrogens with zero attached hydrogens (tertiary/aromatic N) is 1. The van der Waals surface area contributed by atoms with Crippen LogP contribution in [-0.2, 0) is 17.6 Å². The Hall–Kier alpha value is -2.36. The number of amides is 1. The van der Waals surface area contributed by atoms with Gasteiger partial charge in [0.05, 0.1) is 29.2 Å². The molecule has 2 aliphatic rings. The van der Waals surface area contributed by atoms with Gasteiger partial charge in [0, 0.05) is 6.61 Å². The molecule has 5 nitrogen and oxygen atoms in total. The maximum Gasteiger partial charge on any atom is 0.261 e. The lowest BCUT2D eigenvalue weighted by atomic mass is 9.93. The summed E-state index contributed by atoms with van der Waals surface area (Å²) in [6, 6.07) is 9.02. The van der Waals surface area contributed by atoms with E-state index in [0.717, 1.165) is 30.6 Å². The first kappa shape index (κ1) is 18.0. The minimum Gasteiger partial charge on any atom is -0.486 e. The van der Waals surface area contributed by atoms with Crippen molar-refractivity contribution in [1.82, 2.24) is 5.32 Å². The van der Waals surface area contributed by atoms with Crippen molar-refractivity contribution in [3.63, 3.8) is 0 Å². The van der Waals surface area contributed by atoms with Crippen LogP contribution in [0.5, 0.6) is 5.75 Å². The molecule has 1 aromatic carbocycles. The van der Waals surface area contributed by atoms with Crippen LogP contribution in [0.1, 0.15) is 45.6 Å². The largest absolute Gasteiger partial charge is 0.486 e. The van der Waals surface area contributed by atoms with Crippen LogP contribution in [-0.4, -0.2) is 31.3 Å². The molecule has 2 heterocycles. The van der Waals surface area contributed by atoms with Crippen molar-refractivity contribution in [1.29, 1.82) is 5.26 Å². The lowest BCUT2D eigenvalue weighted by Gasteiger charge is -2.32. The lowest BCUT2D eigenvalue weighted by Crippen LogP contribution is -2.51. The Bertz CT molecular complexity index is 853. The predicted octanol–water partition coefficient (Wildman–Crippen LogP) is 3.46. The number of carbonyl (C=O) groups is 1. The second kappa shape index (κ2) is 8.12. The molecule has 0 saturated carbocycles. The third-order valence-corrected chi connectivity index (χ3v) is 6.27. The summed E-state index contributed by atoms with van der Waals surface area (Å²) in [4.78, 5) is 13.7. The van der Waals surface area contributed by atoms with Crippen LogP contribution in [0, 0.1) is 11.3 Å². The summed E-state index contributed by atoms with van der Waals surface area (Å²) in [5, 5.41) is 14.2. The van der Waals surface area contributed by atoms with Crippen molar-refractivity contribution in [2.45, 2.75) is 44.2 Å². The molecule has 1 saturated heterocycles. The number of benzene rings is 1. The number of fused-ring (bicyclic) bond motifs is 1. The van der Waals surface area contributed by atoms with Crippen LogP contribution in [0.2, 0.25) is 0 Å². The number of thiophene rings is 1. The molecular formula is C21H22N2O3S. The normalized spacial score (nSPS) is 21.7. The molecule has 1 amide bonds. The molecule has 0 spiro atoms. The quantitative estimate of drug-likeness (QED) is 0.879.